The maximum atomic E-state index is 9.64. The van der Waals surface area contributed by atoms with E-state index in [1.807, 2.05) is 36.5 Å². The lowest BCUT2D eigenvalue weighted by Gasteiger charge is -2.19. The summed E-state index contributed by atoms with van der Waals surface area (Å²) in [5.74, 6) is 0.502. The predicted molar refractivity (Wildman–Crippen MR) is 97.5 cm³/mol. The normalized spacial score (nSPS) is 10.7. The maximum Gasteiger partial charge on any atom is 0.170 e. The van der Waals surface area contributed by atoms with Crippen LogP contribution in [0.25, 0.3) is 6.08 Å². The second-order valence-corrected chi connectivity index (χ2v) is 5.69. The number of methoxy groups -OCH3 is 1. The minimum Gasteiger partial charge on any atom is -0.504 e. The molecule has 2 rings (SSSR count). The Hall–Kier alpha value is -2.24. The summed E-state index contributed by atoms with van der Waals surface area (Å²) < 4.78 is 5.11. The minimum atomic E-state index is 0.0924. The van der Waals surface area contributed by atoms with E-state index in [0.717, 1.165) is 11.1 Å². The molecule has 0 spiro atoms. The number of benzene rings is 2. The smallest absolute Gasteiger partial charge is 0.170 e. The molecule has 120 valence electrons. The highest BCUT2D eigenvalue weighted by molar-refractivity contribution is 7.80. The van der Waals surface area contributed by atoms with Crippen LogP contribution < -0.4 is 10.5 Å². The maximum absolute atomic E-state index is 9.64. The Bertz CT molecular complexity index is 717. The number of phenols is 1. The molecule has 6 heteroatoms. The molecule has 23 heavy (non-hydrogen) atoms. The van der Waals surface area contributed by atoms with E-state index in [4.69, 9.17) is 34.3 Å². The van der Waals surface area contributed by atoms with Gasteiger partial charge in [0.25, 0.3) is 0 Å². The number of nitrogens with zero attached hydrogens (tertiary/aromatic N) is 1. The minimum absolute atomic E-state index is 0.0924. The summed E-state index contributed by atoms with van der Waals surface area (Å²) in [6.45, 7) is 0.468. The quantitative estimate of drug-likeness (QED) is 0.805. The summed E-state index contributed by atoms with van der Waals surface area (Å²) in [6, 6.07) is 12.6. The Morgan fingerprint density at radius 1 is 1.30 bits per heavy atom. The summed E-state index contributed by atoms with van der Waals surface area (Å²) in [4.78, 5) is 1.73. The van der Waals surface area contributed by atoms with Crippen LogP contribution in [-0.2, 0) is 6.54 Å². The topological polar surface area (TPSA) is 58.7 Å². The molecule has 0 aliphatic carbocycles. The van der Waals surface area contributed by atoms with Crippen molar-refractivity contribution in [3.8, 4) is 11.5 Å². The first kappa shape index (κ1) is 17.1. The van der Waals surface area contributed by atoms with Gasteiger partial charge < -0.3 is 20.5 Å². The van der Waals surface area contributed by atoms with Crippen LogP contribution in [0.15, 0.2) is 48.7 Å². The van der Waals surface area contributed by atoms with Gasteiger partial charge in [0, 0.05) is 17.8 Å². The molecule has 0 aliphatic rings. The first-order valence-electron chi connectivity index (χ1n) is 6.85. The molecule has 0 saturated carbocycles. The molecular weight excluding hydrogens is 332 g/mol. The molecule has 3 N–H and O–H groups in total. The van der Waals surface area contributed by atoms with E-state index in [-0.39, 0.29) is 10.9 Å². The van der Waals surface area contributed by atoms with Crippen molar-refractivity contribution in [2.45, 2.75) is 6.54 Å². The van der Waals surface area contributed by atoms with Crippen LogP contribution in [0.5, 0.6) is 11.5 Å². The standard InChI is InChI=1S/C17H17ClN2O2S/c1-22-16-10-13(4-7-15(16)21)11-20(17(19)23)9-8-12-2-5-14(18)6-3-12/h2-10,21H,11H2,1H3,(H2,19,23)/b9-8-. The third-order valence-corrected chi connectivity index (χ3v) is 3.68. The summed E-state index contributed by atoms with van der Waals surface area (Å²) in [7, 11) is 1.50. The molecule has 0 radical (unpaired) electrons. The van der Waals surface area contributed by atoms with Crippen LogP contribution in [0.4, 0.5) is 0 Å². The van der Waals surface area contributed by atoms with Gasteiger partial charge in [-0.25, -0.2) is 0 Å². The number of halogens is 1. The summed E-state index contributed by atoms with van der Waals surface area (Å²) in [5, 5.41) is 10.6. The average Bonchev–Trinajstić information content (AvgIpc) is 2.54. The number of aromatic hydroxyl groups is 1. The van der Waals surface area contributed by atoms with Gasteiger partial charge in [-0.3, -0.25) is 0 Å². The second kappa shape index (κ2) is 7.85. The predicted octanol–water partition coefficient (Wildman–Crippen LogP) is 3.77. The number of phenolic OH excluding ortho intramolecular Hbond substituents is 1. The molecule has 0 aromatic heterocycles. The molecule has 2 aromatic carbocycles. The van der Waals surface area contributed by atoms with Gasteiger partial charge in [-0.2, -0.15) is 0 Å². The third-order valence-electron chi connectivity index (χ3n) is 3.20. The summed E-state index contributed by atoms with van der Waals surface area (Å²) >= 11 is 11.0. The van der Waals surface area contributed by atoms with Crippen LogP contribution in [0.1, 0.15) is 11.1 Å². The Balaban J connectivity index is 2.15. The number of hydrogen-bond donors (Lipinski definition) is 2. The lowest BCUT2D eigenvalue weighted by molar-refractivity contribution is 0.372. The number of thiocarbonyl (C=S) groups is 1. The molecule has 0 saturated heterocycles. The van der Waals surface area contributed by atoms with Crippen molar-refractivity contribution >= 4 is 35.0 Å². The molecule has 0 aliphatic heterocycles. The molecule has 0 amide bonds. The lowest BCUT2D eigenvalue weighted by atomic mass is 10.2. The molecule has 0 atom stereocenters. The SMILES string of the molecule is COc1cc(CN(/C=C\c2ccc(Cl)cc2)C(N)=S)ccc1O. The van der Waals surface area contributed by atoms with Crippen LogP contribution in [0.2, 0.25) is 5.02 Å². The molecule has 2 aromatic rings. The first-order chi connectivity index (χ1) is 11.0. The van der Waals surface area contributed by atoms with Crippen molar-refractivity contribution in [2.24, 2.45) is 5.73 Å². The fourth-order valence-electron chi connectivity index (χ4n) is 1.97. The molecule has 0 heterocycles. The molecule has 0 fully saturated rings. The van der Waals surface area contributed by atoms with Gasteiger partial charge in [-0.15, -0.1) is 0 Å². The number of hydrogen-bond acceptors (Lipinski definition) is 3. The summed E-state index contributed by atoms with van der Waals surface area (Å²) in [6.07, 6.45) is 3.71. The average molecular weight is 349 g/mol. The van der Waals surface area contributed by atoms with Crippen molar-refractivity contribution in [1.82, 2.24) is 4.90 Å². The van der Waals surface area contributed by atoms with E-state index >= 15 is 0 Å². The van der Waals surface area contributed by atoms with Crippen LogP contribution >= 0.6 is 23.8 Å². The number of nitrogens with two attached hydrogens (primary N) is 1. The largest absolute Gasteiger partial charge is 0.504 e. The Labute approximate surface area is 145 Å². The van der Waals surface area contributed by atoms with Crippen LogP contribution in [0.3, 0.4) is 0 Å². The Morgan fingerprint density at radius 2 is 2.00 bits per heavy atom. The van der Waals surface area contributed by atoms with Crippen molar-refractivity contribution in [3.05, 3.63) is 64.8 Å². The van der Waals surface area contributed by atoms with Gasteiger partial charge in [0.05, 0.1) is 7.11 Å². The molecular formula is C17H17ClN2O2S. The van der Waals surface area contributed by atoms with Crippen molar-refractivity contribution in [2.75, 3.05) is 7.11 Å². The highest BCUT2D eigenvalue weighted by Crippen LogP contribution is 2.26. The van der Waals surface area contributed by atoms with E-state index in [0.29, 0.717) is 17.3 Å². The zero-order valence-electron chi connectivity index (χ0n) is 12.6. The fourth-order valence-corrected chi connectivity index (χ4v) is 2.22. The van der Waals surface area contributed by atoms with Gasteiger partial charge in [-0.1, -0.05) is 29.8 Å². The lowest BCUT2D eigenvalue weighted by Crippen LogP contribution is -2.30. The van der Waals surface area contributed by atoms with Gasteiger partial charge in [-0.05, 0) is 53.7 Å². The molecule has 0 unspecified atom stereocenters. The van der Waals surface area contributed by atoms with Gasteiger partial charge in [0.1, 0.15) is 0 Å². The van der Waals surface area contributed by atoms with E-state index < -0.39 is 0 Å². The monoisotopic (exact) mass is 348 g/mol. The van der Waals surface area contributed by atoms with E-state index in [1.54, 1.807) is 23.1 Å². The second-order valence-electron chi connectivity index (χ2n) is 4.84. The van der Waals surface area contributed by atoms with Crippen molar-refractivity contribution < 1.29 is 9.84 Å². The van der Waals surface area contributed by atoms with Crippen LogP contribution in [0, 0.1) is 0 Å². The van der Waals surface area contributed by atoms with E-state index in [9.17, 15) is 5.11 Å². The van der Waals surface area contributed by atoms with Gasteiger partial charge in [0.2, 0.25) is 0 Å². The Kier molecular flexibility index (Phi) is 5.84. The molecule has 4 nitrogen and oxygen atoms in total. The van der Waals surface area contributed by atoms with Gasteiger partial charge in [0.15, 0.2) is 16.6 Å². The van der Waals surface area contributed by atoms with Crippen molar-refractivity contribution in [3.63, 3.8) is 0 Å². The highest BCUT2D eigenvalue weighted by Gasteiger charge is 2.07. The highest BCUT2D eigenvalue weighted by atomic mass is 35.5. The first-order valence-corrected chi connectivity index (χ1v) is 7.64. The molecule has 0 bridgehead atoms. The van der Waals surface area contributed by atoms with Gasteiger partial charge >= 0.3 is 0 Å². The number of rotatable bonds is 5. The van der Waals surface area contributed by atoms with Crippen molar-refractivity contribution in [1.29, 1.82) is 0 Å². The van der Waals surface area contributed by atoms with E-state index in [1.165, 1.54) is 7.11 Å². The van der Waals surface area contributed by atoms with Crippen LogP contribution in [-0.4, -0.2) is 22.2 Å². The summed E-state index contributed by atoms with van der Waals surface area (Å²) in [5.41, 5.74) is 7.67. The number of ether oxygens (including phenoxy) is 1. The fraction of sp³-hybridized carbons (Fsp3) is 0.118. The third kappa shape index (κ3) is 4.87. The Morgan fingerprint density at radius 3 is 2.61 bits per heavy atom. The van der Waals surface area contributed by atoms with E-state index in [2.05, 4.69) is 0 Å². The zero-order valence-corrected chi connectivity index (χ0v) is 14.1. The zero-order chi connectivity index (χ0) is 16.8.